The Morgan fingerprint density at radius 1 is 1.10 bits per heavy atom. The van der Waals surface area contributed by atoms with E-state index >= 15 is 0 Å². The van der Waals surface area contributed by atoms with Gasteiger partial charge in [0.05, 0.1) is 6.61 Å². The first-order valence-electron chi connectivity index (χ1n) is 6.95. The van der Waals surface area contributed by atoms with Crippen molar-refractivity contribution in [1.29, 1.82) is 0 Å². The maximum atomic E-state index is 9.47. The molecule has 0 saturated carbocycles. The van der Waals surface area contributed by atoms with Crippen molar-refractivity contribution >= 4 is 15.9 Å². The van der Waals surface area contributed by atoms with Crippen LogP contribution in [0.5, 0.6) is 17.2 Å². The van der Waals surface area contributed by atoms with Gasteiger partial charge in [-0.05, 0) is 30.2 Å². The number of rotatable bonds is 7. The quantitative estimate of drug-likeness (QED) is 0.738. The molecule has 0 atom stereocenters. The minimum absolute atomic E-state index is 0.247. The first-order valence-corrected chi connectivity index (χ1v) is 8.07. The van der Waals surface area contributed by atoms with Gasteiger partial charge in [-0.1, -0.05) is 41.1 Å². The number of alkyl halides is 1. The van der Waals surface area contributed by atoms with Gasteiger partial charge in [0.15, 0.2) is 0 Å². The number of hydrogen-bond donors (Lipinski definition) is 1. The number of phenolic OH excluding ortho intramolecular Hbond substituents is 1. The topological polar surface area (TPSA) is 38.7 Å². The number of hydrogen-bond acceptors (Lipinski definition) is 3. The second kappa shape index (κ2) is 7.93. The molecule has 4 heteroatoms. The number of phenols is 1. The van der Waals surface area contributed by atoms with E-state index in [0.717, 1.165) is 34.4 Å². The summed E-state index contributed by atoms with van der Waals surface area (Å²) in [5.74, 6) is 1.85. The second-order valence-electron chi connectivity index (χ2n) is 4.71. The van der Waals surface area contributed by atoms with E-state index < -0.39 is 0 Å². The highest BCUT2D eigenvalue weighted by Crippen LogP contribution is 2.28. The van der Waals surface area contributed by atoms with Crippen LogP contribution in [0.25, 0.3) is 0 Å². The van der Waals surface area contributed by atoms with Crippen LogP contribution < -0.4 is 9.47 Å². The summed E-state index contributed by atoms with van der Waals surface area (Å²) in [6.45, 7) is 3.18. The third-order valence-electron chi connectivity index (χ3n) is 2.96. The zero-order valence-corrected chi connectivity index (χ0v) is 13.6. The minimum Gasteiger partial charge on any atom is -0.508 e. The molecule has 3 nitrogen and oxygen atoms in total. The SMILES string of the molecule is CCCOc1ccc(CBr)c(OCc2cccc(O)c2)c1. The summed E-state index contributed by atoms with van der Waals surface area (Å²) in [5.41, 5.74) is 1.99. The monoisotopic (exact) mass is 350 g/mol. The largest absolute Gasteiger partial charge is 0.508 e. The Labute approximate surface area is 133 Å². The Hall–Kier alpha value is -1.68. The van der Waals surface area contributed by atoms with Gasteiger partial charge >= 0.3 is 0 Å². The van der Waals surface area contributed by atoms with E-state index in [1.807, 2.05) is 24.3 Å². The summed E-state index contributed by atoms with van der Waals surface area (Å²) in [6, 6.07) is 12.9. The number of benzene rings is 2. The fourth-order valence-corrected chi connectivity index (χ4v) is 2.36. The van der Waals surface area contributed by atoms with Crippen LogP contribution in [-0.4, -0.2) is 11.7 Å². The van der Waals surface area contributed by atoms with Crippen LogP contribution in [0, 0.1) is 0 Å². The van der Waals surface area contributed by atoms with E-state index in [-0.39, 0.29) is 5.75 Å². The molecule has 0 aliphatic rings. The molecular formula is C17H19BrO3. The van der Waals surface area contributed by atoms with Gasteiger partial charge < -0.3 is 14.6 Å². The first kappa shape index (κ1) is 15.7. The molecule has 0 bridgehead atoms. The second-order valence-corrected chi connectivity index (χ2v) is 5.27. The van der Waals surface area contributed by atoms with Gasteiger partial charge in [-0.25, -0.2) is 0 Å². The molecule has 0 unspecified atom stereocenters. The summed E-state index contributed by atoms with van der Waals surface area (Å²) in [6.07, 6.45) is 0.972. The highest BCUT2D eigenvalue weighted by atomic mass is 79.9. The predicted molar refractivity (Wildman–Crippen MR) is 87.3 cm³/mol. The molecule has 0 fully saturated rings. The summed E-state index contributed by atoms with van der Waals surface area (Å²) < 4.78 is 11.5. The fourth-order valence-electron chi connectivity index (χ4n) is 1.90. The molecule has 2 aromatic carbocycles. The van der Waals surface area contributed by atoms with Crippen molar-refractivity contribution in [2.24, 2.45) is 0 Å². The third kappa shape index (κ3) is 4.67. The summed E-state index contributed by atoms with van der Waals surface area (Å²) in [7, 11) is 0. The smallest absolute Gasteiger partial charge is 0.127 e. The van der Waals surface area contributed by atoms with Crippen molar-refractivity contribution in [2.45, 2.75) is 25.3 Å². The normalized spacial score (nSPS) is 10.4. The molecule has 0 amide bonds. The molecule has 2 rings (SSSR count). The summed E-state index contributed by atoms with van der Waals surface area (Å²) >= 11 is 3.46. The van der Waals surface area contributed by atoms with Crippen LogP contribution in [0.4, 0.5) is 0 Å². The predicted octanol–water partition coefficient (Wildman–Crippen LogP) is 4.65. The molecule has 0 radical (unpaired) electrons. The average molecular weight is 351 g/mol. The summed E-state index contributed by atoms with van der Waals surface area (Å²) in [4.78, 5) is 0. The summed E-state index contributed by atoms with van der Waals surface area (Å²) in [5, 5.41) is 10.2. The number of aromatic hydroxyl groups is 1. The highest BCUT2D eigenvalue weighted by molar-refractivity contribution is 9.08. The fraction of sp³-hybridized carbons (Fsp3) is 0.294. The lowest BCUT2D eigenvalue weighted by molar-refractivity contribution is 0.292. The number of ether oxygens (including phenoxy) is 2. The molecule has 0 saturated heterocycles. The van der Waals surface area contributed by atoms with Gasteiger partial charge in [-0.2, -0.15) is 0 Å². The van der Waals surface area contributed by atoms with E-state index in [0.29, 0.717) is 13.2 Å². The van der Waals surface area contributed by atoms with Gasteiger partial charge in [-0.3, -0.25) is 0 Å². The molecule has 2 aromatic rings. The van der Waals surface area contributed by atoms with Gasteiger partial charge in [0, 0.05) is 17.0 Å². The maximum Gasteiger partial charge on any atom is 0.127 e. The van der Waals surface area contributed by atoms with Gasteiger partial charge in [-0.15, -0.1) is 0 Å². The van der Waals surface area contributed by atoms with Crippen molar-refractivity contribution in [2.75, 3.05) is 6.61 Å². The number of halogens is 1. The van der Waals surface area contributed by atoms with Crippen molar-refractivity contribution in [3.8, 4) is 17.2 Å². The van der Waals surface area contributed by atoms with Crippen LogP contribution in [0.15, 0.2) is 42.5 Å². The van der Waals surface area contributed by atoms with Crippen LogP contribution in [0.1, 0.15) is 24.5 Å². The van der Waals surface area contributed by atoms with E-state index in [1.165, 1.54) is 0 Å². The minimum atomic E-state index is 0.247. The maximum absolute atomic E-state index is 9.47. The molecule has 0 aromatic heterocycles. The standard InChI is InChI=1S/C17H19BrO3/c1-2-8-20-16-7-6-14(11-18)17(10-16)21-12-13-4-3-5-15(19)9-13/h3-7,9-10,19H,2,8,11-12H2,1H3. The van der Waals surface area contributed by atoms with Gasteiger partial charge in [0.2, 0.25) is 0 Å². The van der Waals surface area contributed by atoms with Crippen molar-refractivity contribution in [3.05, 3.63) is 53.6 Å². The van der Waals surface area contributed by atoms with E-state index in [2.05, 4.69) is 22.9 Å². The molecule has 0 aliphatic heterocycles. The van der Waals surface area contributed by atoms with Crippen LogP contribution in [0.3, 0.4) is 0 Å². The van der Waals surface area contributed by atoms with Crippen molar-refractivity contribution in [3.63, 3.8) is 0 Å². The molecule has 0 aliphatic carbocycles. The van der Waals surface area contributed by atoms with E-state index in [9.17, 15) is 5.11 Å². The molecule has 0 spiro atoms. The Balaban J connectivity index is 2.09. The molecule has 112 valence electrons. The molecule has 21 heavy (non-hydrogen) atoms. The third-order valence-corrected chi connectivity index (χ3v) is 3.56. The van der Waals surface area contributed by atoms with Gasteiger partial charge in [0.25, 0.3) is 0 Å². The lowest BCUT2D eigenvalue weighted by Gasteiger charge is -2.13. The zero-order valence-electron chi connectivity index (χ0n) is 12.0. The van der Waals surface area contributed by atoms with Crippen LogP contribution >= 0.6 is 15.9 Å². The molecular weight excluding hydrogens is 332 g/mol. The Morgan fingerprint density at radius 3 is 2.67 bits per heavy atom. The lowest BCUT2D eigenvalue weighted by Crippen LogP contribution is -2.00. The van der Waals surface area contributed by atoms with E-state index in [1.54, 1.807) is 18.2 Å². The molecule has 0 heterocycles. The van der Waals surface area contributed by atoms with E-state index in [4.69, 9.17) is 9.47 Å². The Morgan fingerprint density at radius 2 is 1.95 bits per heavy atom. The average Bonchev–Trinajstić information content (AvgIpc) is 2.51. The Kier molecular flexibility index (Phi) is 5.93. The van der Waals surface area contributed by atoms with Gasteiger partial charge in [0.1, 0.15) is 23.9 Å². The van der Waals surface area contributed by atoms with Crippen molar-refractivity contribution in [1.82, 2.24) is 0 Å². The molecule has 1 N–H and O–H groups in total. The van der Waals surface area contributed by atoms with Crippen LogP contribution in [0.2, 0.25) is 0 Å². The Bertz CT molecular complexity index is 584. The van der Waals surface area contributed by atoms with Crippen molar-refractivity contribution < 1.29 is 14.6 Å². The zero-order chi connectivity index (χ0) is 15.1. The first-order chi connectivity index (χ1) is 10.2. The van der Waals surface area contributed by atoms with Crippen LogP contribution in [-0.2, 0) is 11.9 Å². The lowest BCUT2D eigenvalue weighted by atomic mass is 10.2. The highest BCUT2D eigenvalue weighted by Gasteiger charge is 2.06.